The summed E-state index contributed by atoms with van der Waals surface area (Å²) in [6.45, 7) is 1.67. The van der Waals surface area contributed by atoms with E-state index in [0.29, 0.717) is 5.92 Å². The Morgan fingerprint density at radius 2 is 2.18 bits per heavy atom. The monoisotopic (exact) mass is 231 g/mol. The number of nitrogens with zero attached hydrogens (tertiary/aromatic N) is 2. The third-order valence-electron chi connectivity index (χ3n) is 4.13. The molecule has 0 radical (unpaired) electrons. The zero-order chi connectivity index (χ0) is 11.7. The normalized spacial score (nSPS) is 23.9. The van der Waals surface area contributed by atoms with Crippen molar-refractivity contribution >= 4 is 0 Å². The predicted molar refractivity (Wildman–Crippen MR) is 62.5 cm³/mol. The van der Waals surface area contributed by atoms with E-state index in [1.807, 2.05) is 6.20 Å². The molecule has 1 N–H and O–H groups in total. The Labute approximate surface area is 101 Å². The SMILES string of the molecule is N#CC1(c2ncc(C3CCOCC3)[nH]2)CCC1. The number of rotatable bonds is 2. The molecule has 1 saturated carbocycles. The van der Waals surface area contributed by atoms with Crippen molar-refractivity contribution in [3.05, 3.63) is 17.7 Å². The van der Waals surface area contributed by atoms with Crippen molar-refractivity contribution in [3.63, 3.8) is 0 Å². The molecule has 90 valence electrons. The first-order valence-electron chi connectivity index (χ1n) is 6.38. The summed E-state index contributed by atoms with van der Waals surface area (Å²) in [5.74, 6) is 1.41. The lowest BCUT2D eigenvalue weighted by molar-refractivity contribution is 0.0845. The first-order chi connectivity index (χ1) is 8.34. The second-order valence-corrected chi connectivity index (χ2v) is 5.12. The second kappa shape index (κ2) is 4.15. The Morgan fingerprint density at radius 1 is 1.41 bits per heavy atom. The minimum absolute atomic E-state index is 0.316. The van der Waals surface area contributed by atoms with Crippen LogP contribution in [-0.4, -0.2) is 23.2 Å². The molecule has 0 amide bonds. The van der Waals surface area contributed by atoms with Crippen LogP contribution in [0, 0.1) is 11.3 Å². The number of hydrogen-bond donors (Lipinski definition) is 1. The number of aromatic amines is 1. The summed E-state index contributed by atoms with van der Waals surface area (Å²) >= 11 is 0. The predicted octanol–water partition coefficient (Wildman–Crippen LogP) is 2.25. The van der Waals surface area contributed by atoms with Crippen molar-refractivity contribution in [1.29, 1.82) is 5.26 Å². The number of aromatic nitrogens is 2. The minimum Gasteiger partial charge on any atom is -0.381 e. The average molecular weight is 231 g/mol. The van der Waals surface area contributed by atoms with Crippen LogP contribution in [0.2, 0.25) is 0 Å². The topological polar surface area (TPSA) is 61.7 Å². The fraction of sp³-hybridized carbons (Fsp3) is 0.692. The Bertz CT molecular complexity index is 436. The fourth-order valence-corrected chi connectivity index (χ4v) is 2.73. The lowest BCUT2D eigenvalue weighted by atomic mass is 9.69. The molecule has 17 heavy (non-hydrogen) atoms. The van der Waals surface area contributed by atoms with Crippen LogP contribution >= 0.6 is 0 Å². The third-order valence-corrected chi connectivity index (χ3v) is 4.13. The number of ether oxygens (including phenoxy) is 1. The summed E-state index contributed by atoms with van der Waals surface area (Å²) in [5, 5.41) is 9.28. The minimum atomic E-state index is -0.316. The molecule has 2 fully saturated rings. The lowest BCUT2D eigenvalue weighted by Gasteiger charge is -2.33. The molecule has 4 heteroatoms. The van der Waals surface area contributed by atoms with Crippen LogP contribution in [-0.2, 0) is 10.2 Å². The highest BCUT2D eigenvalue weighted by molar-refractivity contribution is 5.26. The van der Waals surface area contributed by atoms with Crippen LogP contribution in [0.5, 0.6) is 0 Å². The van der Waals surface area contributed by atoms with Gasteiger partial charge in [0.2, 0.25) is 0 Å². The van der Waals surface area contributed by atoms with Gasteiger partial charge in [-0.2, -0.15) is 5.26 Å². The molecular weight excluding hydrogens is 214 g/mol. The fourth-order valence-electron chi connectivity index (χ4n) is 2.73. The van der Waals surface area contributed by atoms with Gasteiger partial charge in [0.15, 0.2) is 0 Å². The Kier molecular flexibility index (Phi) is 2.64. The highest BCUT2D eigenvalue weighted by atomic mass is 16.5. The Morgan fingerprint density at radius 3 is 2.76 bits per heavy atom. The van der Waals surface area contributed by atoms with Gasteiger partial charge in [0.1, 0.15) is 11.2 Å². The number of hydrogen-bond acceptors (Lipinski definition) is 3. The van der Waals surface area contributed by atoms with Crippen LogP contribution in [0.15, 0.2) is 6.20 Å². The molecule has 0 aromatic carbocycles. The number of nitrogens with one attached hydrogen (secondary N) is 1. The molecule has 0 bridgehead atoms. The average Bonchev–Trinajstić information content (AvgIpc) is 2.80. The molecular formula is C13H17N3O. The van der Waals surface area contributed by atoms with E-state index in [0.717, 1.165) is 51.1 Å². The maximum Gasteiger partial charge on any atom is 0.126 e. The summed E-state index contributed by atoms with van der Waals surface area (Å²) in [7, 11) is 0. The number of H-pyrrole nitrogens is 1. The van der Waals surface area contributed by atoms with Gasteiger partial charge in [0.25, 0.3) is 0 Å². The summed E-state index contributed by atoms with van der Waals surface area (Å²) in [4.78, 5) is 7.82. The van der Waals surface area contributed by atoms with Crippen molar-refractivity contribution < 1.29 is 4.74 Å². The molecule has 0 unspecified atom stereocenters. The van der Waals surface area contributed by atoms with Crippen LogP contribution in [0.4, 0.5) is 0 Å². The van der Waals surface area contributed by atoms with Crippen molar-refractivity contribution in [2.24, 2.45) is 0 Å². The zero-order valence-corrected chi connectivity index (χ0v) is 9.91. The van der Waals surface area contributed by atoms with Crippen LogP contribution in [0.3, 0.4) is 0 Å². The highest BCUT2D eigenvalue weighted by Gasteiger charge is 2.41. The van der Waals surface area contributed by atoms with Crippen molar-refractivity contribution in [3.8, 4) is 6.07 Å². The standard InChI is InChI=1S/C13H17N3O/c14-9-13(4-1-5-13)12-15-8-11(16-12)10-2-6-17-7-3-10/h8,10H,1-7H2,(H,15,16). The van der Waals surface area contributed by atoms with E-state index >= 15 is 0 Å². The van der Waals surface area contributed by atoms with Crippen molar-refractivity contribution in [2.45, 2.75) is 43.4 Å². The highest BCUT2D eigenvalue weighted by Crippen LogP contribution is 2.42. The van der Waals surface area contributed by atoms with Gasteiger partial charge in [-0.05, 0) is 32.1 Å². The smallest absolute Gasteiger partial charge is 0.126 e. The van der Waals surface area contributed by atoms with Gasteiger partial charge in [0.05, 0.1) is 6.07 Å². The van der Waals surface area contributed by atoms with Gasteiger partial charge in [-0.15, -0.1) is 0 Å². The summed E-state index contributed by atoms with van der Waals surface area (Å²) in [6, 6.07) is 2.43. The zero-order valence-electron chi connectivity index (χ0n) is 9.91. The van der Waals surface area contributed by atoms with Gasteiger partial charge in [-0.3, -0.25) is 0 Å². The molecule has 4 nitrogen and oxygen atoms in total. The van der Waals surface area contributed by atoms with Crippen LogP contribution in [0.1, 0.15) is 49.5 Å². The first kappa shape index (κ1) is 10.8. The number of nitriles is 1. The van der Waals surface area contributed by atoms with Crippen LogP contribution < -0.4 is 0 Å². The van der Waals surface area contributed by atoms with Gasteiger partial charge >= 0.3 is 0 Å². The van der Waals surface area contributed by atoms with Gasteiger partial charge in [-0.25, -0.2) is 4.98 Å². The van der Waals surface area contributed by atoms with E-state index in [9.17, 15) is 5.26 Å². The van der Waals surface area contributed by atoms with Gasteiger partial charge in [-0.1, -0.05) is 0 Å². The summed E-state index contributed by atoms with van der Waals surface area (Å²) in [6.07, 6.45) is 7.07. The maximum atomic E-state index is 9.28. The summed E-state index contributed by atoms with van der Waals surface area (Å²) in [5.41, 5.74) is 0.869. The molecule has 3 rings (SSSR count). The largest absolute Gasteiger partial charge is 0.381 e. The number of imidazole rings is 1. The van der Waals surface area contributed by atoms with Crippen molar-refractivity contribution in [1.82, 2.24) is 9.97 Å². The molecule has 1 aliphatic carbocycles. The van der Waals surface area contributed by atoms with E-state index in [1.165, 1.54) is 5.69 Å². The lowest BCUT2D eigenvalue weighted by Crippen LogP contribution is -2.33. The molecule has 1 saturated heterocycles. The molecule has 2 aliphatic rings. The maximum absolute atomic E-state index is 9.28. The third kappa shape index (κ3) is 1.75. The molecule has 0 spiro atoms. The molecule has 1 aliphatic heterocycles. The van der Waals surface area contributed by atoms with E-state index in [1.54, 1.807) is 0 Å². The van der Waals surface area contributed by atoms with E-state index in [-0.39, 0.29) is 5.41 Å². The quantitative estimate of drug-likeness (QED) is 0.849. The molecule has 1 aromatic heterocycles. The van der Waals surface area contributed by atoms with Crippen molar-refractivity contribution in [2.75, 3.05) is 13.2 Å². The van der Waals surface area contributed by atoms with Gasteiger partial charge in [0, 0.05) is 31.0 Å². The molecule has 2 heterocycles. The Hall–Kier alpha value is -1.34. The van der Waals surface area contributed by atoms with Gasteiger partial charge < -0.3 is 9.72 Å². The first-order valence-corrected chi connectivity index (χ1v) is 6.38. The molecule has 0 atom stereocenters. The van der Waals surface area contributed by atoms with Crippen LogP contribution in [0.25, 0.3) is 0 Å². The van der Waals surface area contributed by atoms with E-state index in [2.05, 4.69) is 16.0 Å². The second-order valence-electron chi connectivity index (χ2n) is 5.12. The van der Waals surface area contributed by atoms with E-state index < -0.39 is 0 Å². The molecule has 1 aromatic rings. The van der Waals surface area contributed by atoms with E-state index in [4.69, 9.17) is 4.74 Å². The Balaban J connectivity index is 1.80. The summed E-state index contributed by atoms with van der Waals surface area (Å²) < 4.78 is 5.36.